The van der Waals surface area contributed by atoms with E-state index in [1.807, 2.05) is 0 Å². The van der Waals surface area contributed by atoms with Gasteiger partial charge in [-0.15, -0.1) is 0 Å². The van der Waals surface area contributed by atoms with Gasteiger partial charge >= 0.3 is 0 Å². The van der Waals surface area contributed by atoms with Gasteiger partial charge in [0, 0.05) is 32.8 Å². The Morgan fingerprint density at radius 2 is 2.25 bits per heavy atom. The molecule has 3 heteroatoms. The minimum absolute atomic E-state index is 0.0339. The van der Waals surface area contributed by atoms with Gasteiger partial charge in [-0.25, -0.2) is 0 Å². The van der Waals surface area contributed by atoms with Crippen molar-refractivity contribution in [2.45, 2.75) is 31.9 Å². The summed E-state index contributed by atoms with van der Waals surface area (Å²) in [5.41, 5.74) is 5.57. The van der Waals surface area contributed by atoms with Crippen LogP contribution in [0, 0.1) is 0 Å². The molecule has 1 fully saturated rings. The normalized spacial score (nSPS) is 25.5. The first kappa shape index (κ1) is 9.96. The van der Waals surface area contributed by atoms with Crippen LogP contribution in [0.25, 0.3) is 0 Å². The number of hydrogen-bond acceptors (Lipinski definition) is 3. The smallest absolute Gasteiger partial charge is 0.0749 e. The molecular formula is C9H20N2O. The summed E-state index contributed by atoms with van der Waals surface area (Å²) in [7, 11) is 1.76. The maximum Gasteiger partial charge on any atom is 0.0749 e. The van der Waals surface area contributed by atoms with E-state index >= 15 is 0 Å². The molecule has 12 heavy (non-hydrogen) atoms. The summed E-state index contributed by atoms with van der Waals surface area (Å²) >= 11 is 0. The second-order valence-corrected chi connectivity index (χ2v) is 4.11. The third-order valence-electron chi connectivity index (χ3n) is 2.67. The Morgan fingerprint density at radius 3 is 2.58 bits per heavy atom. The maximum atomic E-state index is 5.60. The van der Waals surface area contributed by atoms with E-state index in [4.69, 9.17) is 10.5 Å². The van der Waals surface area contributed by atoms with Crippen molar-refractivity contribution in [3.63, 3.8) is 0 Å². The lowest BCUT2D eigenvalue weighted by atomic mass is 9.99. The highest BCUT2D eigenvalue weighted by Crippen LogP contribution is 2.20. The van der Waals surface area contributed by atoms with Crippen LogP contribution >= 0.6 is 0 Å². The lowest BCUT2D eigenvalue weighted by Gasteiger charge is -2.44. The molecule has 1 heterocycles. The second kappa shape index (κ2) is 3.73. The minimum Gasteiger partial charge on any atom is -0.377 e. The number of nitrogens with zero attached hydrogens (tertiary/aromatic N) is 1. The SMILES string of the molecule is COC(C)(C)CN1CCC1CN. The van der Waals surface area contributed by atoms with E-state index in [1.165, 1.54) is 13.0 Å². The molecule has 0 aromatic carbocycles. The summed E-state index contributed by atoms with van der Waals surface area (Å²) in [6.45, 7) is 7.16. The van der Waals surface area contributed by atoms with Gasteiger partial charge in [-0.3, -0.25) is 4.90 Å². The fraction of sp³-hybridized carbons (Fsp3) is 1.00. The van der Waals surface area contributed by atoms with E-state index in [0.717, 1.165) is 13.1 Å². The quantitative estimate of drug-likeness (QED) is 0.669. The molecule has 72 valence electrons. The summed E-state index contributed by atoms with van der Waals surface area (Å²) in [5.74, 6) is 0. The van der Waals surface area contributed by atoms with Crippen LogP contribution in [0.4, 0.5) is 0 Å². The highest BCUT2D eigenvalue weighted by Gasteiger charge is 2.31. The Balaban J connectivity index is 2.31. The van der Waals surface area contributed by atoms with Gasteiger partial charge in [-0.1, -0.05) is 0 Å². The van der Waals surface area contributed by atoms with Crippen LogP contribution in [0.2, 0.25) is 0 Å². The van der Waals surface area contributed by atoms with Crippen molar-refractivity contribution in [1.82, 2.24) is 4.90 Å². The highest BCUT2D eigenvalue weighted by molar-refractivity contribution is 4.87. The van der Waals surface area contributed by atoms with E-state index < -0.39 is 0 Å². The molecule has 0 bridgehead atoms. The molecular weight excluding hydrogens is 152 g/mol. The molecule has 0 saturated carbocycles. The van der Waals surface area contributed by atoms with Gasteiger partial charge in [0.05, 0.1) is 5.60 Å². The predicted molar refractivity (Wildman–Crippen MR) is 50.1 cm³/mol. The van der Waals surface area contributed by atoms with E-state index in [9.17, 15) is 0 Å². The Kier molecular flexibility index (Phi) is 3.09. The molecule has 0 aromatic rings. The van der Waals surface area contributed by atoms with Crippen LogP contribution in [0.3, 0.4) is 0 Å². The van der Waals surface area contributed by atoms with Crippen molar-refractivity contribution >= 4 is 0 Å². The number of methoxy groups -OCH3 is 1. The Labute approximate surface area is 74.9 Å². The maximum absolute atomic E-state index is 5.60. The van der Waals surface area contributed by atoms with Crippen LogP contribution in [-0.2, 0) is 4.74 Å². The lowest BCUT2D eigenvalue weighted by molar-refractivity contribution is -0.0403. The monoisotopic (exact) mass is 172 g/mol. The molecule has 0 aromatic heterocycles. The van der Waals surface area contributed by atoms with Crippen molar-refractivity contribution in [2.24, 2.45) is 5.73 Å². The van der Waals surface area contributed by atoms with Crippen LogP contribution in [0.1, 0.15) is 20.3 Å². The average molecular weight is 172 g/mol. The third kappa shape index (κ3) is 2.19. The summed E-state index contributed by atoms with van der Waals surface area (Å²) in [5, 5.41) is 0. The van der Waals surface area contributed by atoms with E-state index in [2.05, 4.69) is 18.7 Å². The Bertz CT molecular complexity index is 145. The molecule has 1 unspecified atom stereocenters. The van der Waals surface area contributed by atoms with Gasteiger partial charge in [-0.05, 0) is 20.3 Å². The summed E-state index contributed by atoms with van der Waals surface area (Å²) in [4.78, 5) is 2.39. The molecule has 1 atom stereocenters. The van der Waals surface area contributed by atoms with Gasteiger partial charge in [0.25, 0.3) is 0 Å². The van der Waals surface area contributed by atoms with Crippen molar-refractivity contribution in [3.8, 4) is 0 Å². The van der Waals surface area contributed by atoms with Crippen LogP contribution < -0.4 is 5.73 Å². The van der Waals surface area contributed by atoms with Crippen molar-refractivity contribution in [1.29, 1.82) is 0 Å². The number of hydrogen-bond donors (Lipinski definition) is 1. The van der Waals surface area contributed by atoms with Gasteiger partial charge in [-0.2, -0.15) is 0 Å². The summed E-state index contributed by atoms with van der Waals surface area (Å²) in [6, 6.07) is 0.597. The van der Waals surface area contributed by atoms with Crippen molar-refractivity contribution in [3.05, 3.63) is 0 Å². The van der Waals surface area contributed by atoms with E-state index in [-0.39, 0.29) is 5.60 Å². The second-order valence-electron chi connectivity index (χ2n) is 4.11. The van der Waals surface area contributed by atoms with E-state index in [0.29, 0.717) is 6.04 Å². The zero-order valence-corrected chi connectivity index (χ0v) is 8.34. The predicted octanol–water partition coefficient (Wildman–Crippen LogP) is 0.444. The molecule has 3 nitrogen and oxygen atoms in total. The Morgan fingerprint density at radius 1 is 1.58 bits per heavy atom. The zero-order valence-electron chi connectivity index (χ0n) is 8.34. The van der Waals surface area contributed by atoms with E-state index in [1.54, 1.807) is 7.11 Å². The molecule has 2 N–H and O–H groups in total. The number of rotatable bonds is 4. The first-order valence-electron chi connectivity index (χ1n) is 4.58. The fourth-order valence-electron chi connectivity index (χ4n) is 1.52. The molecule has 1 aliphatic rings. The van der Waals surface area contributed by atoms with Crippen molar-refractivity contribution < 1.29 is 4.74 Å². The lowest BCUT2D eigenvalue weighted by Crippen LogP contribution is -2.56. The highest BCUT2D eigenvalue weighted by atomic mass is 16.5. The number of nitrogens with two attached hydrogens (primary N) is 1. The van der Waals surface area contributed by atoms with Gasteiger partial charge < -0.3 is 10.5 Å². The van der Waals surface area contributed by atoms with Gasteiger partial charge in [0.15, 0.2) is 0 Å². The largest absolute Gasteiger partial charge is 0.377 e. The van der Waals surface area contributed by atoms with Gasteiger partial charge in [0.2, 0.25) is 0 Å². The van der Waals surface area contributed by atoms with Crippen molar-refractivity contribution in [2.75, 3.05) is 26.7 Å². The first-order chi connectivity index (χ1) is 5.59. The topological polar surface area (TPSA) is 38.5 Å². The first-order valence-corrected chi connectivity index (χ1v) is 4.58. The molecule has 0 spiro atoms. The van der Waals surface area contributed by atoms with Crippen LogP contribution in [0.15, 0.2) is 0 Å². The van der Waals surface area contributed by atoms with Crippen LogP contribution in [0.5, 0.6) is 0 Å². The molecule has 0 amide bonds. The minimum atomic E-state index is -0.0339. The summed E-state index contributed by atoms with van der Waals surface area (Å²) in [6.07, 6.45) is 1.25. The molecule has 1 rings (SSSR count). The average Bonchev–Trinajstić information content (AvgIpc) is 2.00. The third-order valence-corrected chi connectivity index (χ3v) is 2.67. The molecule has 1 aliphatic heterocycles. The van der Waals surface area contributed by atoms with Crippen LogP contribution in [-0.4, -0.2) is 43.3 Å². The fourth-order valence-corrected chi connectivity index (χ4v) is 1.52. The molecule has 1 saturated heterocycles. The molecule has 0 aliphatic carbocycles. The summed E-state index contributed by atoms with van der Waals surface area (Å²) < 4.78 is 5.35. The van der Waals surface area contributed by atoms with Gasteiger partial charge in [0.1, 0.15) is 0 Å². The number of likely N-dealkylation sites (tertiary alicyclic amines) is 1. The zero-order chi connectivity index (χ0) is 9.19. The number of ether oxygens (including phenoxy) is 1. The molecule has 0 radical (unpaired) electrons. The standard InChI is InChI=1S/C9H20N2O/c1-9(2,12-3)7-11-5-4-8(11)6-10/h8H,4-7,10H2,1-3H3. The Hall–Kier alpha value is -0.120.